The van der Waals surface area contributed by atoms with Crippen molar-refractivity contribution < 1.29 is 19.8 Å². The average molecular weight is 319 g/mol. The first kappa shape index (κ1) is 17.3. The van der Waals surface area contributed by atoms with Crippen LogP contribution in [0.25, 0.3) is 0 Å². The van der Waals surface area contributed by atoms with Crippen LogP contribution in [0, 0.1) is 11.8 Å². The first-order valence-electron chi connectivity index (χ1n) is 8.19. The first-order chi connectivity index (χ1) is 10.9. The molecule has 0 heterocycles. The van der Waals surface area contributed by atoms with Crippen LogP contribution >= 0.6 is 0 Å². The Morgan fingerprint density at radius 1 is 1.13 bits per heavy atom. The van der Waals surface area contributed by atoms with Crippen molar-refractivity contribution in [2.24, 2.45) is 11.8 Å². The minimum absolute atomic E-state index is 0.0189. The molecule has 2 rings (SSSR count). The van der Waals surface area contributed by atoms with Gasteiger partial charge in [0.2, 0.25) is 5.91 Å². The molecule has 5 heteroatoms. The molecule has 0 bridgehead atoms. The van der Waals surface area contributed by atoms with E-state index in [4.69, 9.17) is 0 Å². The van der Waals surface area contributed by atoms with Gasteiger partial charge in [0.15, 0.2) is 5.78 Å². The Morgan fingerprint density at radius 3 is 2.26 bits per heavy atom. The highest BCUT2D eigenvalue weighted by molar-refractivity contribution is 6.00. The monoisotopic (exact) mass is 319 g/mol. The molecule has 1 amide bonds. The number of amides is 1. The number of carbonyl (C=O) groups is 2. The number of aromatic hydroxyl groups is 2. The molecule has 1 saturated carbocycles. The zero-order valence-corrected chi connectivity index (χ0v) is 13.8. The molecule has 1 aliphatic rings. The number of likely N-dealkylation sites (N-methyl/N-ethyl adjacent to an activating group) is 1. The summed E-state index contributed by atoms with van der Waals surface area (Å²) in [5.74, 6) is -0.336. The molecule has 0 radical (unpaired) electrons. The van der Waals surface area contributed by atoms with E-state index in [0.717, 1.165) is 18.9 Å². The van der Waals surface area contributed by atoms with Crippen LogP contribution in [0.3, 0.4) is 0 Å². The van der Waals surface area contributed by atoms with Gasteiger partial charge in [-0.15, -0.1) is 0 Å². The van der Waals surface area contributed by atoms with Crippen molar-refractivity contribution in [3.05, 3.63) is 23.8 Å². The van der Waals surface area contributed by atoms with E-state index in [0.29, 0.717) is 5.92 Å². The van der Waals surface area contributed by atoms with Crippen LogP contribution < -0.4 is 0 Å². The number of hydrogen-bond donors (Lipinski definition) is 2. The molecular weight excluding hydrogens is 294 g/mol. The largest absolute Gasteiger partial charge is 0.508 e. The third kappa shape index (κ3) is 4.47. The molecule has 0 saturated heterocycles. The van der Waals surface area contributed by atoms with E-state index < -0.39 is 0 Å². The van der Waals surface area contributed by atoms with Crippen LogP contribution in [0.2, 0.25) is 0 Å². The number of Topliss-reactive ketones (excluding diaryl/α,β-unsaturated/α-hetero) is 1. The van der Waals surface area contributed by atoms with E-state index in [2.05, 4.69) is 0 Å². The molecule has 2 N–H and O–H groups in total. The van der Waals surface area contributed by atoms with Gasteiger partial charge in [-0.3, -0.25) is 9.59 Å². The van der Waals surface area contributed by atoms with Crippen molar-refractivity contribution in [3.63, 3.8) is 0 Å². The fraction of sp³-hybridized carbons (Fsp3) is 0.556. The molecule has 5 nitrogen and oxygen atoms in total. The maximum atomic E-state index is 12.5. The van der Waals surface area contributed by atoms with Gasteiger partial charge in [-0.25, -0.2) is 0 Å². The Morgan fingerprint density at radius 2 is 1.70 bits per heavy atom. The maximum absolute atomic E-state index is 12.5. The number of phenols is 2. The fourth-order valence-electron chi connectivity index (χ4n) is 3.32. The predicted octanol–water partition coefficient (Wildman–Crippen LogP) is 2.96. The second-order valence-corrected chi connectivity index (χ2v) is 6.54. The van der Waals surface area contributed by atoms with Crippen molar-refractivity contribution in [1.29, 1.82) is 0 Å². The zero-order valence-electron chi connectivity index (χ0n) is 13.8. The lowest BCUT2D eigenvalue weighted by Gasteiger charge is -2.29. The van der Waals surface area contributed by atoms with Crippen LogP contribution in [0.4, 0.5) is 0 Å². The van der Waals surface area contributed by atoms with Gasteiger partial charge in [-0.2, -0.15) is 0 Å². The van der Waals surface area contributed by atoms with Crippen molar-refractivity contribution in [2.75, 3.05) is 13.6 Å². The van der Waals surface area contributed by atoms with Gasteiger partial charge in [0.05, 0.1) is 6.54 Å². The molecule has 1 atom stereocenters. The Labute approximate surface area is 136 Å². The summed E-state index contributed by atoms with van der Waals surface area (Å²) in [6.07, 6.45) is 5.75. The van der Waals surface area contributed by atoms with Gasteiger partial charge in [0.25, 0.3) is 0 Å². The predicted molar refractivity (Wildman–Crippen MR) is 87.5 cm³/mol. The number of benzene rings is 1. The average Bonchev–Trinajstić information content (AvgIpc) is 2.53. The number of nitrogens with zero attached hydrogens (tertiary/aromatic N) is 1. The number of phenolic OH excluding ortho intramolecular Hbond substituents is 2. The Kier molecular flexibility index (Phi) is 5.64. The normalized spacial score (nSPS) is 16.8. The number of ketones is 1. The van der Waals surface area contributed by atoms with Gasteiger partial charge >= 0.3 is 0 Å². The fourth-order valence-corrected chi connectivity index (χ4v) is 3.32. The lowest BCUT2D eigenvalue weighted by molar-refractivity contribution is -0.135. The summed E-state index contributed by atoms with van der Waals surface area (Å²) in [4.78, 5) is 26.2. The van der Waals surface area contributed by atoms with E-state index in [1.54, 1.807) is 7.05 Å². The van der Waals surface area contributed by atoms with Gasteiger partial charge < -0.3 is 15.1 Å². The van der Waals surface area contributed by atoms with Crippen LogP contribution in [-0.4, -0.2) is 40.4 Å². The standard InChI is InChI=1S/C18H25NO4/c1-12(13-6-4-3-5-7-13)18(23)19(2)11-17(22)14-8-15(20)10-16(21)9-14/h8-10,12-13,20-21H,3-7,11H2,1-2H3/t12-/m0/s1. The van der Waals surface area contributed by atoms with Crippen LogP contribution in [0.1, 0.15) is 49.4 Å². The van der Waals surface area contributed by atoms with Crippen LogP contribution in [0.15, 0.2) is 18.2 Å². The van der Waals surface area contributed by atoms with Crippen molar-refractivity contribution in [3.8, 4) is 11.5 Å². The Hall–Kier alpha value is -2.04. The van der Waals surface area contributed by atoms with E-state index in [1.165, 1.54) is 36.3 Å². The molecule has 1 fully saturated rings. The van der Waals surface area contributed by atoms with Crippen molar-refractivity contribution in [1.82, 2.24) is 4.90 Å². The molecule has 0 spiro atoms. The number of hydrogen-bond acceptors (Lipinski definition) is 4. The smallest absolute Gasteiger partial charge is 0.225 e. The first-order valence-corrected chi connectivity index (χ1v) is 8.19. The van der Waals surface area contributed by atoms with Crippen LogP contribution in [0.5, 0.6) is 11.5 Å². The third-order valence-electron chi connectivity index (χ3n) is 4.73. The second kappa shape index (κ2) is 7.49. The topological polar surface area (TPSA) is 77.8 Å². The van der Waals surface area contributed by atoms with Crippen molar-refractivity contribution in [2.45, 2.75) is 39.0 Å². The van der Waals surface area contributed by atoms with Crippen molar-refractivity contribution >= 4 is 11.7 Å². The second-order valence-electron chi connectivity index (χ2n) is 6.54. The van der Waals surface area contributed by atoms with E-state index in [1.807, 2.05) is 6.92 Å². The van der Waals surface area contributed by atoms with E-state index in [-0.39, 0.29) is 41.2 Å². The summed E-state index contributed by atoms with van der Waals surface area (Å²) < 4.78 is 0. The van der Waals surface area contributed by atoms with E-state index in [9.17, 15) is 19.8 Å². The zero-order chi connectivity index (χ0) is 17.0. The summed E-state index contributed by atoms with van der Waals surface area (Å²) in [7, 11) is 1.63. The highest BCUT2D eigenvalue weighted by atomic mass is 16.3. The summed E-state index contributed by atoms with van der Waals surface area (Å²) in [6.45, 7) is 1.89. The molecule has 1 aromatic carbocycles. The van der Waals surface area contributed by atoms with Gasteiger partial charge in [0.1, 0.15) is 11.5 Å². The molecule has 23 heavy (non-hydrogen) atoms. The Balaban J connectivity index is 1.98. The third-order valence-corrected chi connectivity index (χ3v) is 4.73. The van der Waals surface area contributed by atoms with Gasteiger partial charge in [-0.05, 0) is 30.9 Å². The Bertz CT molecular complexity index is 558. The van der Waals surface area contributed by atoms with Gasteiger partial charge in [0, 0.05) is 24.6 Å². The minimum Gasteiger partial charge on any atom is -0.508 e. The molecular formula is C18H25NO4. The minimum atomic E-state index is -0.303. The SMILES string of the molecule is C[C@H](C(=O)N(C)CC(=O)c1cc(O)cc(O)c1)C1CCCCC1. The summed E-state index contributed by atoms with van der Waals surface area (Å²) in [5, 5.41) is 18.9. The highest BCUT2D eigenvalue weighted by Crippen LogP contribution is 2.30. The number of rotatable bonds is 5. The van der Waals surface area contributed by atoms with E-state index >= 15 is 0 Å². The molecule has 0 aliphatic heterocycles. The maximum Gasteiger partial charge on any atom is 0.225 e. The summed E-state index contributed by atoms with van der Waals surface area (Å²) in [6, 6.07) is 3.76. The molecule has 1 aliphatic carbocycles. The molecule has 0 unspecified atom stereocenters. The molecule has 126 valence electrons. The lowest BCUT2D eigenvalue weighted by Crippen LogP contribution is -2.38. The van der Waals surface area contributed by atoms with Gasteiger partial charge in [-0.1, -0.05) is 26.2 Å². The lowest BCUT2D eigenvalue weighted by atomic mass is 9.80. The quantitative estimate of drug-likeness (QED) is 0.818. The number of carbonyl (C=O) groups excluding carboxylic acids is 2. The van der Waals surface area contributed by atoms with Crippen LogP contribution in [-0.2, 0) is 4.79 Å². The highest BCUT2D eigenvalue weighted by Gasteiger charge is 2.28. The summed E-state index contributed by atoms with van der Waals surface area (Å²) >= 11 is 0. The molecule has 1 aromatic rings. The molecule has 0 aromatic heterocycles. The summed E-state index contributed by atoms with van der Waals surface area (Å²) in [5.41, 5.74) is 0.201.